The van der Waals surface area contributed by atoms with E-state index in [-0.39, 0.29) is 103 Å². The number of carbonyl (C=O) groups excluding carboxylic acids is 3. The van der Waals surface area contributed by atoms with Gasteiger partial charge in [-0.05, 0) is 294 Å². The van der Waals surface area contributed by atoms with Crippen LogP contribution in [-0.4, -0.2) is 176 Å². The van der Waals surface area contributed by atoms with Crippen LogP contribution in [0.1, 0.15) is 257 Å². The molecule has 0 aliphatic carbocycles. The number of hydrogen-bond acceptors (Lipinski definition) is 20. The second-order valence-electron chi connectivity index (χ2n) is 37.7. The van der Waals surface area contributed by atoms with Crippen molar-refractivity contribution in [2.45, 2.75) is 294 Å². The fourth-order valence-electron chi connectivity index (χ4n) is 13.7. The van der Waals surface area contributed by atoms with Crippen molar-refractivity contribution in [1.29, 1.82) is 0 Å². The first kappa shape index (κ1) is 108. The number of carboxylic acid groups (broad SMARTS) is 1. The average Bonchev–Trinajstić information content (AvgIpc) is 1.68. The Morgan fingerprint density at radius 1 is 0.513 bits per heavy atom. The number of pyridine rings is 6. The van der Waals surface area contributed by atoms with Gasteiger partial charge >= 0.3 is 47.3 Å². The molecule has 3 aliphatic heterocycles. The van der Waals surface area contributed by atoms with Crippen LogP contribution >= 0.6 is 0 Å². The molecule has 27 nitrogen and oxygen atoms in total. The van der Waals surface area contributed by atoms with Crippen LogP contribution in [0.2, 0.25) is 0 Å². The van der Waals surface area contributed by atoms with Gasteiger partial charge < -0.3 is 69.5 Å². The number of aromatic carboxylic acids is 1. The smallest absolute Gasteiger partial charge is 1.00 e. The number of nitrogens with zero attached hydrogens (tertiary/aromatic N) is 9. The number of carbonyl (C=O) groups is 4. The largest absolute Gasteiger partial charge is 2.00 e. The zero-order valence-electron chi connectivity index (χ0n) is 74.4. The number of anilines is 1. The molecule has 6 aromatic rings. The van der Waals surface area contributed by atoms with E-state index in [9.17, 15) is 49.0 Å². The third-order valence-electron chi connectivity index (χ3n) is 19.7. The molecule has 660 valence electrons. The summed E-state index contributed by atoms with van der Waals surface area (Å²) in [5.41, 5.74) is 5.07. The molecular formula is C85H131BrF2MgN14O13S3. The van der Waals surface area contributed by atoms with E-state index in [1.165, 1.54) is 24.3 Å². The first-order valence-corrected chi connectivity index (χ1v) is 43.2. The van der Waals surface area contributed by atoms with Crippen LogP contribution in [0, 0.1) is 37.1 Å². The number of aromatic nitrogens is 6. The SMILES string of the molecule is CC(C)(C)OC(=O)N1C[C@@H](CCC(C)(N)c2ccccn2)CC1(C)C.CC(C)(C)OC(=O)N1C[C@@H](CCC(C)(NS(=O)C(C)(C)C)c2ccccn2)CC1(C)C.CC(C)(C)OC(=O)N1C[C@@H](CCC(C)(Nc2cccc(S(N)(=O)=O)n2)c2ccccn2)CC1(C)C.CC(C)(C)c1ccc(C(=O)O)c(F)n1.NS(=O)(=O)c1cccc(F)n1.[Br-].[CH3-].[Mg+2]. The minimum absolute atomic E-state index is 0. The normalized spacial score (nSPS) is 18.7. The van der Waals surface area contributed by atoms with Crippen molar-refractivity contribution in [3.63, 3.8) is 0 Å². The molecule has 6 aromatic heterocycles. The van der Waals surface area contributed by atoms with E-state index in [0.29, 0.717) is 42.9 Å². The maximum absolute atomic E-state index is 13.1. The van der Waals surface area contributed by atoms with Crippen LogP contribution in [0.3, 0.4) is 0 Å². The van der Waals surface area contributed by atoms with Gasteiger partial charge in [0.2, 0.25) is 11.9 Å². The van der Waals surface area contributed by atoms with Gasteiger partial charge in [-0.25, -0.2) is 70.2 Å². The molecule has 3 fully saturated rings. The topological polar surface area (TPSA) is 391 Å². The first-order chi connectivity index (χ1) is 52.8. The maximum atomic E-state index is 13.1. The fourth-order valence-corrected chi connectivity index (χ4v) is 15.6. The molecule has 0 radical (unpaired) electrons. The molecule has 0 bridgehead atoms. The van der Waals surface area contributed by atoms with Crippen LogP contribution in [-0.2, 0) is 67.3 Å². The molecule has 0 spiro atoms. The van der Waals surface area contributed by atoms with E-state index in [2.05, 4.69) is 93.5 Å². The summed E-state index contributed by atoms with van der Waals surface area (Å²) in [7, 11) is -9.03. The molecule has 9 N–H and O–H groups in total. The van der Waals surface area contributed by atoms with E-state index >= 15 is 0 Å². The zero-order valence-corrected chi connectivity index (χ0v) is 79.9. The summed E-state index contributed by atoms with van der Waals surface area (Å²) in [6, 6.07) is 28.2. The van der Waals surface area contributed by atoms with Crippen LogP contribution in [0.15, 0.2) is 132 Å². The van der Waals surface area contributed by atoms with E-state index < -0.39 is 92.9 Å². The molecule has 4 unspecified atom stereocenters. The average molecular weight is 1800 g/mol. The van der Waals surface area contributed by atoms with Gasteiger partial charge in [0, 0.05) is 66.0 Å². The predicted octanol–water partition coefficient (Wildman–Crippen LogP) is 12.7. The second kappa shape index (κ2) is 42.9. The number of rotatable bonds is 19. The number of hydrogen-bond donors (Lipinski definition) is 6. The van der Waals surface area contributed by atoms with Gasteiger partial charge in [0.1, 0.15) is 28.2 Å². The summed E-state index contributed by atoms with van der Waals surface area (Å²) in [6.45, 7) is 49.2. The molecule has 119 heavy (non-hydrogen) atoms. The number of ether oxygens (including phenoxy) is 3. The van der Waals surface area contributed by atoms with Crippen molar-refractivity contribution in [1.82, 2.24) is 49.3 Å². The summed E-state index contributed by atoms with van der Waals surface area (Å²) >= 11 is 0. The van der Waals surface area contributed by atoms with Crippen molar-refractivity contribution in [2.75, 3.05) is 25.0 Å². The van der Waals surface area contributed by atoms with E-state index in [1.807, 2.05) is 187 Å². The summed E-state index contributed by atoms with van der Waals surface area (Å²) in [5.74, 6) is -1.65. The summed E-state index contributed by atoms with van der Waals surface area (Å²) in [5, 5.41) is 21.3. The van der Waals surface area contributed by atoms with Gasteiger partial charge in [0.25, 0.3) is 20.0 Å². The second-order valence-corrected chi connectivity index (χ2v) is 42.7. The number of sulfonamides is 2. The molecular weight excluding hydrogens is 1660 g/mol. The Morgan fingerprint density at radius 3 is 1.20 bits per heavy atom. The maximum Gasteiger partial charge on any atom is 2.00 e. The Morgan fingerprint density at radius 2 is 0.874 bits per heavy atom. The van der Waals surface area contributed by atoms with Crippen molar-refractivity contribution >= 4 is 84.2 Å². The van der Waals surface area contributed by atoms with Gasteiger partial charge in [-0.15, -0.1) is 0 Å². The number of nitrogens with two attached hydrogens (primary N) is 3. The van der Waals surface area contributed by atoms with Crippen molar-refractivity contribution in [3.05, 3.63) is 169 Å². The molecule has 0 aromatic carbocycles. The van der Waals surface area contributed by atoms with Crippen LogP contribution in [0.4, 0.5) is 29.0 Å². The first-order valence-electron chi connectivity index (χ1n) is 38.9. The number of amides is 3. The van der Waals surface area contributed by atoms with Gasteiger partial charge in [-0.1, -0.05) is 51.1 Å². The van der Waals surface area contributed by atoms with E-state index in [4.69, 9.17) is 30.2 Å². The van der Waals surface area contributed by atoms with Gasteiger partial charge in [0.15, 0.2) is 10.1 Å². The Bertz CT molecular complexity index is 4550. The fraction of sp³-hybridized carbons (Fsp3) is 0.588. The molecule has 3 amide bonds. The van der Waals surface area contributed by atoms with Crippen molar-refractivity contribution in [3.8, 4) is 0 Å². The van der Waals surface area contributed by atoms with Crippen LogP contribution < -0.4 is 43.0 Å². The van der Waals surface area contributed by atoms with Gasteiger partial charge in [0.05, 0.1) is 49.4 Å². The van der Waals surface area contributed by atoms with Gasteiger partial charge in [-0.2, -0.15) is 8.78 Å². The summed E-state index contributed by atoms with van der Waals surface area (Å²) in [4.78, 5) is 78.5. The number of nitrogens with one attached hydrogen (secondary N) is 2. The zero-order chi connectivity index (χ0) is 88.0. The van der Waals surface area contributed by atoms with Gasteiger partial charge in [-0.3, -0.25) is 15.0 Å². The predicted molar refractivity (Wildman–Crippen MR) is 460 cm³/mol. The summed E-state index contributed by atoms with van der Waals surface area (Å²) < 4.78 is 103. The number of likely N-dealkylation sites (tertiary alicyclic amines) is 3. The van der Waals surface area contributed by atoms with Crippen LogP contribution in [0.25, 0.3) is 0 Å². The number of halogens is 3. The Hall–Kier alpha value is -7.02. The van der Waals surface area contributed by atoms with Crippen molar-refractivity contribution in [2.24, 2.45) is 33.8 Å². The number of carboxylic acids is 1. The molecule has 3 aliphatic rings. The monoisotopic (exact) mass is 1790 g/mol. The molecule has 9 heterocycles. The quantitative estimate of drug-likeness (QED) is 0.0190. The third-order valence-corrected chi connectivity index (χ3v) is 23.1. The Labute approximate surface area is 735 Å². The summed E-state index contributed by atoms with van der Waals surface area (Å²) in [6.07, 6.45) is 12.2. The molecule has 34 heteroatoms. The minimum Gasteiger partial charge on any atom is -1.00 e. The Kier molecular flexibility index (Phi) is 38.9. The van der Waals surface area contributed by atoms with E-state index in [0.717, 1.165) is 87.1 Å². The minimum atomic E-state index is -3.93. The Balaban J connectivity index is 0.000000526. The number of primary sulfonamides is 2. The molecule has 0 saturated carbocycles. The molecule has 9 rings (SSSR count). The molecule has 7 atom stereocenters. The van der Waals surface area contributed by atoms with Crippen LogP contribution in [0.5, 0.6) is 0 Å². The third kappa shape index (κ3) is 34.3. The van der Waals surface area contributed by atoms with E-state index in [1.54, 1.807) is 30.7 Å². The standard InChI is InChI=1S/C25H37N5O4S.C24H41N3O3S.C20H33N3O2.C10H12FNO2.C5H5FN2O2S.CH3.BrH.Mg/c1-23(2,3)34-22(31)30-17-18(16-24(30,4)5)13-14-25(6,19-10-7-8-15-27-19)29-20-11-9-12-21(28-20)35(26,32)33;1-21(2,3)30-20(28)27-17-18(16-23(27,7)8)13-14-24(9,19-12-10-11-15-25-19)26-31(29)22(4,5)6;1-18(2,3)25-17(24)23-14-15(13-19(23,4)5)10-11-20(6,21)16-9-7-8-12-22-16;1-10(2,3)7-5-4-6(9(13)14)8(11)12-7;6-4-2-1-3-5(8-4)11(7,9)10;;;/h7-12,15,18H,13-14,16-17H2,1-6H3,(H,28,29)(H2,26,32,33);10-12,15,18,26H,13-14,16-17H2,1-9H3;7-9,12,15H,10-11,13-14,21H2,1-6H3;4-5H,1-3H3,(H,13,14);1-3H,(H2,7,9,10);1H3;1H;/q;;;;;-1;;+2/p-1/t18-,25?;18-,24?,31?;15-,20?;;;;;/m000...../s1. The van der Waals surface area contributed by atoms with Crippen molar-refractivity contribution < 1.29 is 85.3 Å². The molecule has 3 saturated heterocycles.